The highest BCUT2D eigenvalue weighted by atomic mass is 35.5. The lowest BCUT2D eigenvalue weighted by molar-refractivity contribution is 0.547. The minimum atomic E-state index is 0. The molecule has 0 radical (unpaired) electrons. The van der Waals surface area contributed by atoms with E-state index >= 15 is 0 Å². The number of nitrogens with one attached hydrogen (secondary N) is 2. The highest BCUT2D eigenvalue weighted by Crippen LogP contribution is 2.24. The zero-order chi connectivity index (χ0) is 10.7. The van der Waals surface area contributed by atoms with Crippen molar-refractivity contribution in [2.75, 3.05) is 13.1 Å². The van der Waals surface area contributed by atoms with Crippen molar-refractivity contribution in [3.63, 3.8) is 0 Å². The van der Waals surface area contributed by atoms with E-state index in [1.54, 1.807) is 0 Å². The summed E-state index contributed by atoms with van der Waals surface area (Å²) < 4.78 is 0. The maximum Gasteiger partial charge on any atom is 0.0465 e. The Bertz CT molecular complexity index is 318. The van der Waals surface area contributed by atoms with Crippen LogP contribution in [0, 0.1) is 0 Å². The predicted octanol–water partition coefficient (Wildman–Crippen LogP) is 2.87. The van der Waals surface area contributed by atoms with Crippen molar-refractivity contribution in [1.82, 2.24) is 10.6 Å². The second-order valence-electron chi connectivity index (χ2n) is 3.77. The first-order valence-corrected chi connectivity index (χ1v) is 5.90. The normalized spacial score (nSPS) is 19.5. The van der Waals surface area contributed by atoms with E-state index in [-0.39, 0.29) is 12.4 Å². The van der Waals surface area contributed by atoms with Crippen LogP contribution in [-0.4, -0.2) is 19.1 Å². The smallest absolute Gasteiger partial charge is 0.0465 e. The quantitative estimate of drug-likeness (QED) is 0.890. The van der Waals surface area contributed by atoms with Crippen molar-refractivity contribution in [2.45, 2.75) is 19.0 Å². The molecule has 1 aromatic carbocycles. The van der Waals surface area contributed by atoms with Gasteiger partial charge in [-0.25, -0.2) is 0 Å². The molecule has 0 unspecified atom stereocenters. The Kier molecular flexibility index (Phi) is 5.87. The number of hydrogen-bond acceptors (Lipinski definition) is 2. The van der Waals surface area contributed by atoms with Crippen LogP contribution in [0.5, 0.6) is 0 Å². The van der Waals surface area contributed by atoms with E-state index in [9.17, 15) is 0 Å². The molecule has 5 heteroatoms. The summed E-state index contributed by atoms with van der Waals surface area (Å²) in [4.78, 5) is 0. The van der Waals surface area contributed by atoms with Crippen LogP contribution in [-0.2, 0) is 6.54 Å². The molecule has 0 saturated carbocycles. The van der Waals surface area contributed by atoms with Gasteiger partial charge in [-0.3, -0.25) is 0 Å². The summed E-state index contributed by atoms with van der Waals surface area (Å²) in [6.45, 7) is 2.86. The SMILES string of the molecule is Cl.Clc1cccc(Cl)c1CN[C@H]1CCNC1. The fraction of sp³-hybridized carbons (Fsp3) is 0.455. The van der Waals surface area contributed by atoms with E-state index in [0.29, 0.717) is 6.04 Å². The predicted molar refractivity (Wildman–Crippen MR) is 71.8 cm³/mol. The topological polar surface area (TPSA) is 24.1 Å². The van der Waals surface area contributed by atoms with Gasteiger partial charge in [0.25, 0.3) is 0 Å². The van der Waals surface area contributed by atoms with Gasteiger partial charge in [0.2, 0.25) is 0 Å². The van der Waals surface area contributed by atoms with Crippen molar-refractivity contribution < 1.29 is 0 Å². The summed E-state index contributed by atoms with van der Waals surface area (Å²) in [5.41, 5.74) is 0.993. The fourth-order valence-electron chi connectivity index (χ4n) is 1.78. The Morgan fingerprint density at radius 2 is 2.00 bits per heavy atom. The third-order valence-electron chi connectivity index (χ3n) is 2.69. The average Bonchev–Trinajstić information content (AvgIpc) is 2.70. The first-order chi connectivity index (χ1) is 7.27. The van der Waals surface area contributed by atoms with Gasteiger partial charge in [-0.15, -0.1) is 12.4 Å². The molecule has 1 aromatic rings. The molecule has 2 rings (SSSR count). The van der Waals surface area contributed by atoms with E-state index < -0.39 is 0 Å². The van der Waals surface area contributed by atoms with Crippen molar-refractivity contribution >= 4 is 35.6 Å². The molecule has 0 bridgehead atoms. The molecule has 1 fully saturated rings. The van der Waals surface area contributed by atoms with Crippen molar-refractivity contribution in [2.24, 2.45) is 0 Å². The molecule has 90 valence electrons. The Morgan fingerprint density at radius 1 is 1.31 bits per heavy atom. The Hall–Kier alpha value is 0.01000. The largest absolute Gasteiger partial charge is 0.315 e. The fourth-order valence-corrected chi connectivity index (χ4v) is 2.31. The van der Waals surface area contributed by atoms with Crippen LogP contribution in [0.3, 0.4) is 0 Å². The van der Waals surface area contributed by atoms with Crippen molar-refractivity contribution in [3.8, 4) is 0 Å². The van der Waals surface area contributed by atoms with Crippen LogP contribution >= 0.6 is 35.6 Å². The number of halogens is 3. The van der Waals surface area contributed by atoms with Crippen molar-refractivity contribution in [3.05, 3.63) is 33.8 Å². The van der Waals surface area contributed by atoms with Crippen LogP contribution in [0.25, 0.3) is 0 Å². The first-order valence-electron chi connectivity index (χ1n) is 5.14. The number of benzene rings is 1. The summed E-state index contributed by atoms with van der Waals surface area (Å²) >= 11 is 12.1. The molecule has 1 atom stereocenters. The van der Waals surface area contributed by atoms with Gasteiger partial charge in [0.05, 0.1) is 0 Å². The zero-order valence-corrected chi connectivity index (χ0v) is 11.1. The van der Waals surface area contributed by atoms with E-state index in [0.717, 1.165) is 35.2 Å². The maximum atomic E-state index is 6.07. The molecular formula is C11H15Cl3N2. The molecule has 0 aliphatic carbocycles. The molecule has 2 nitrogen and oxygen atoms in total. The van der Waals surface area contributed by atoms with E-state index in [2.05, 4.69) is 10.6 Å². The van der Waals surface area contributed by atoms with E-state index in [1.165, 1.54) is 6.42 Å². The van der Waals surface area contributed by atoms with Gasteiger partial charge < -0.3 is 10.6 Å². The van der Waals surface area contributed by atoms with Crippen LogP contribution in [0.4, 0.5) is 0 Å². The summed E-state index contributed by atoms with van der Waals surface area (Å²) in [7, 11) is 0. The molecule has 1 saturated heterocycles. The molecule has 1 aliphatic rings. The average molecular weight is 282 g/mol. The lowest BCUT2D eigenvalue weighted by Gasteiger charge is -2.13. The Morgan fingerprint density at radius 3 is 2.56 bits per heavy atom. The van der Waals surface area contributed by atoms with Crippen molar-refractivity contribution in [1.29, 1.82) is 0 Å². The highest BCUT2D eigenvalue weighted by Gasteiger charge is 2.14. The lowest BCUT2D eigenvalue weighted by atomic mass is 10.2. The number of rotatable bonds is 3. The minimum Gasteiger partial charge on any atom is -0.315 e. The molecule has 1 heterocycles. The molecule has 0 spiro atoms. The van der Waals surface area contributed by atoms with Crippen LogP contribution in [0.1, 0.15) is 12.0 Å². The van der Waals surface area contributed by atoms with E-state index in [4.69, 9.17) is 23.2 Å². The third-order valence-corrected chi connectivity index (χ3v) is 3.40. The minimum absolute atomic E-state index is 0. The Labute approximate surface area is 112 Å². The monoisotopic (exact) mass is 280 g/mol. The summed E-state index contributed by atoms with van der Waals surface area (Å²) in [5.74, 6) is 0. The summed E-state index contributed by atoms with van der Waals surface area (Å²) in [5, 5.41) is 8.23. The lowest BCUT2D eigenvalue weighted by Crippen LogP contribution is -2.30. The van der Waals surface area contributed by atoms with Gasteiger partial charge in [-0.1, -0.05) is 29.3 Å². The molecule has 1 aliphatic heterocycles. The van der Waals surface area contributed by atoms with Gasteiger partial charge in [0.1, 0.15) is 0 Å². The third kappa shape index (κ3) is 3.51. The first kappa shape index (κ1) is 14.1. The molecule has 0 amide bonds. The van der Waals surface area contributed by atoms with Crippen LogP contribution < -0.4 is 10.6 Å². The zero-order valence-electron chi connectivity index (χ0n) is 8.80. The second kappa shape index (κ2) is 6.67. The molecule has 2 N–H and O–H groups in total. The maximum absolute atomic E-state index is 6.07. The van der Waals surface area contributed by atoms with Crippen LogP contribution in [0.15, 0.2) is 18.2 Å². The molecular weight excluding hydrogens is 266 g/mol. The summed E-state index contributed by atoms with van der Waals surface area (Å²) in [6, 6.07) is 6.15. The highest BCUT2D eigenvalue weighted by molar-refractivity contribution is 6.35. The summed E-state index contributed by atoms with van der Waals surface area (Å²) in [6.07, 6.45) is 1.17. The number of hydrogen-bond donors (Lipinski definition) is 2. The van der Waals surface area contributed by atoms with Gasteiger partial charge in [-0.05, 0) is 25.1 Å². The standard InChI is InChI=1S/C11H14Cl2N2.ClH/c12-10-2-1-3-11(13)9(10)7-15-8-4-5-14-6-8;/h1-3,8,14-15H,4-7H2;1H/t8-;/m0./s1. The van der Waals surface area contributed by atoms with Crippen LogP contribution in [0.2, 0.25) is 10.0 Å². The molecule has 0 aromatic heterocycles. The van der Waals surface area contributed by atoms with E-state index in [1.807, 2.05) is 18.2 Å². The van der Waals surface area contributed by atoms with Gasteiger partial charge in [-0.2, -0.15) is 0 Å². The Balaban J connectivity index is 0.00000128. The second-order valence-corrected chi connectivity index (χ2v) is 4.59. The van der Waals surface area contributed by atoms with Gasteiger partial charge in [0, 0.05) is 34.7 Å². The van der Waals surface area contributed by atoms with Gasteiger partial charge in [0.15, 0.2) is 0 Å². The molecule has 16 heavy (non-hydrogen) atoms. The van der Waals surface area contributed by atoms with Gasteiger partial charge >= 0.3 is 0 Å².